The zero-order chi connectivity index (χ0) is 13.1. The number of thiophene rings is 1. The molecule has 0 saturated heterocycles. The summed E-state index contributed by atoms with van der Waals surface area (Å²) in [5.74, 6) is 0. The van der Waals surface area contributed by atoms with Crippen molar-refractivity contribution >= 4 is 22.7 Å². The number of rotatable bonds is 5. The number of hydrogen-bond acceptors (Lipinski definition) is 5. The summed E-state index contributed by atoms with van der Waals surface area (Å²) >= 11 is 3.55. The monoisotopic (exact) mass is 281 g/mol. The van der Waals surface area contributed by atoms with Gasteiger partial charge in [-0.3, -0.25) is 4.90 Å². The van der Waals surface area contributed by atoms with Crippen LogP contribution >= 0.6 is 22.7 Å². The molecule has 98 valence electrons. The number of likely N-dealkylation sites (N-methyl/N-ethyl adjacent to an activating group) is 1. The lowest BCUT2D eigenvalue weighted by atomic mass is 10.2. The van der Waals surface area contributed by atoms with Gasteiger partial charge in [-0.2, -0.15) is 0 Å². The van der Waals surface area contributed by atoms with Crippen LogP contribution in [0.25, 0.3) is 0 Å². The highest BCUT2D eigenvalue weighted by Gasteiger charge is 2.18. The van der Waals surface area contributed by atoms with Gasteiger partial charge in [0.1, 0.15) is 0 Å². The molecular formula is C13H19N3S2. The van der Waals surface area contributed by atoms with E-state index in [1.165, 1.54) is 14.6 Å². The lowest BCUT2D eigenvalue weighted by molar-refractivity contribution is 0.246. The third-order valence-corrected chi connectivity index (χ3v) is 5.10. The normalized spacial score (nSPS) is 13.2. The Balaban J connectivity index is 2.11. The van der Waals surface area contributed by atoms with Crippen molar-refractivity contribution in [3.8, 4) is 0 Å². The molecule has 0 radical (unpaired) electrons. The number of hydrogen-bond donors (Lipinski definition) is 1. The predicted molar refractivity (Wildman–Crippen MR) is 79.2 cm³/mol. The first-order chi connectivity index (χ1) is 8.61. The van der Waals surface area contributed by atoms with Gasteiger partial charge in [-0.05, 0) is 33.0 Å². The van der Waals surface area contributed by atoms with E-state index in [-0.39, 0.29) is 0 Å². The maximum atomic E-state index is 5.93. The zero-order valence-corrected chi connectivity index (χ0v) is 12.6. The molecule has 5 heteroatoms. The molecule has 0 fully saturated rings. The van der Waals surface area contributed by atoms with Crippen molar-refractivity contribution < 1.29 is 0 Å². The van der Waals surface area contributed by atoms with E-state index in [0.29, 0.717) is 12.6 Å². The zero-order valence-electron chi connectivity index (χ0n) is 11.0. The molecule has 0 amide bonds. The van der Waals surface area contributed by atoms with Crippen LogP contribution in [0.2, 0.25) is 0 Å². The van der Waals surface area contributed by atoms with Crippen LogP contribution in [0.1, 0.15) is 26.4 Å². The minimum Gasteiger partial charge on any atom is -0.329 e. The Morgan fingerprint density at radius 2 is 2.17 bits per heavy atom. The number of aromatic nitrogens is 1. The average Bonchev–Trinajstić information content (AvgIpc) is 2.91. The highest BCUT2D eigenvalue weighted by Crippen LogP contribution is 2.28. The molecule has 0 aliphatic carbocycles. The van der Waals surface area contributed by atoms with Gasteiger partial charge in [0.15, 0.2) is 0 Å². The van der Waals surface area contributed by atoms with Crippen LogP contribution < -0.4 is 5.73 Å². The number of thiazole rings is 1. The Hall–Kier alpha value is -0.750. The Bertz CT molecular complexity index is 504. The summed E-state index contributed by atoms with van der Waals surface area (Å²) < 4.78 is 0. The average molecular weight is 281 g/mol. The molecule has 2 N–H and O–H groups in total. The second-order valence-corrected chi connectivity index (χ2v) is 6.73. The van der Waals surface area contributed by atoms with E-state index in [2.05, 4.69) is 42.9 Å². The molecule has 18 heavy (non-hydrogen) atoms. The summed E-state index contributed by atoms with van der Waals surface area (Å²) in [4.78, 5) is 10.6. The van der Waals surface area contributed by atoms with Crippen molar-refractivity contribution in [2.24, 2.45) is 5.73 Å². The molecule has 0 bridgehead atoms. The van der Waals surface area contributed by atoms with Crippen molar-refractivity contribution in [3.05, 3.63) is 38.0 Å². The molecule has 0 saturated carbocycles. The summed E-state index contributed by atoms with van der Waals surface area (Å²) in [5, 5.41) is 0. The highest BCUT2D eigenvalue weighted by molar-refractivity contribution is 7.12. The summed E-state index contributed by atoms with van der Waals surface area (Å²) in [6.45, 7) is 5.76. The maximum Gasteiger partial charge on any atom is 0.0798 e. The Labute approximate surface area is 116 Å². The van der Waals surface area contributed by atoms with Crippen LogP contribution in [-0.4, -0.2) is 23.5 Å². The predicted octanol–water partition coefficient (Wildman–Crippen LogP) is 2.95. The molecule has 3 nitrogen and oxygen atoms in total. The largest absolute Gasteiger partial charge is 0.329 e. The lowest BCUT2D eigenvalue weighted by Gasteiger charge is -2.25. The van der Waals surface area contributed by atoms with E-state index in [4.69, 9.17) is 5.73 Å². The fourth-order valence-electron chi connectivity index (χ4n) is 1.96. The lowest BCUT2D eigenvalue weighted by Crippen LogP contribution is -2.29. The molecule has 0 spiro atoms. The SMILES string of the molecule is Cc1ccc(C(CN)N(C)Cc2scnc2C)s1. The molecule has 0 aliphatic heterocycles. The van der Waals surface area contributed by atoms with Crippen LogP contribution in [0.4, 0.5) is 0 Å². The standard InChI is InChI=1S/C13H19N3S2/c1-9-4-5-12(18-9)11(6-14)16(3)7-13-10(2)15-8-17-13/h4-5,8,11H,6-7,14H2,1-3H3. The fraction of sp³-hybridized carbons (Fsp3) is 0.462. The molecule has 2 aromatic rings. The Morgan fingerprint density at radius 3 is 2.67 bits per heavy atom. The Kier molecular flexibility index (Phi) is 4.50. The van der Waals surface area contributed by atoms with Gasteiger partial charge in [-0.1, -0.05) is 0 Å². The summed E-state index contributed by atoms with van der Waals surface area (Å²) in [6, 6.07) is 4.65. The molecule has 0 aliphatic rings. The minimum atomic E-state index is 0.296. The smallest absolute Gasteiger partial charge is 0.0798 e. The number of aryl methyl sites for hydroxylation is 2. The third-order valence-electron chi connectivity index (χ3n) is 3.08. The Morgan fingerprint density at radius 1 is 1.39 bits per heavy atom. The van der Waals surface area contributed by atoms with E-state index in [0.717, 1.165) is 12.2 Å². The van der Waals surface area contributed by atoms with Crippen LogP contribution in [0.3, 0.4) is 0 Å². The van der Waals surface area contributed by atoms with E-state index < -0.39 is 0 Å². The van der Waals surface area contributed by atoms with Gasteiger partial charge in [0, 0.05) is 27.7 Å². The van der Waals surface area contributed by atoms with Crippen molar-refractivity contribution in [1.29, 1.82) is 0 Å². The molecule has 2 rings (SSSR count). The van der Waals surface area contributed by atoms with Crippen LogP contribution in [0.5, 0.6) is 0 Å². The summed E-state index contributed by atoms with van der Waals surface area (Å²) in [5.41, 5.74) is 8.97. The second-order valence-electron chi connectivity index (χ2n) is 4.48. The first-order valence-corrected chi connectivity index (χ1v) is 7.67. The van der Waals surface area contributed by atoms with Crippen LogP contribution in [0.15, 0.2) is 17.6 Å². The van der Waals surface area contributed by atoms with E-state index in [1.54, 1.807) is 11.3 Å². The van der Waals surface area contributed by atoms with E-state index >= 15 is 0 Å². The molecule has 1 atom stereocenters. The van der Waals surface area contributed by atoms with Crippen molar-refractivity contribution in [2.75, 3.05) is 13.6 Å². The fourth-order valence-corrected chi connectivity index (χ4v) is 3.86. The highest BCUT2D eigenvalue weighted by atomic mass is 32.1. The number of nitrogens with two attached hydrogens (primary N) is 1. The number of nitrogens with zero attached hydrogens (tertiary/aromatic N) is 2. The summed E-state index contributed by atoms with van der Waals surface area (Å²) in [6.07, 6.45) is 0. The summed E-state index contributed by atoms with van der Waals surface area (Å²) in [7, 11) is 2.13. The second kappa shape index (κ2) is 5.93. The quantitative estimate of drug-likeness (QED) is 0.916. The molecule has 0 aromatic carbocycles. The van der Waals surface area contributed by atoms with E-state index in [9.17, 15) is 0 Å². The molecular weight excluding hydrogens is 262 g/mol. The third kappa shape index (κ3) is 2.98. The van der Waals surface area contributed by atoms with Gasteiger partial charge in [-0.15, -0.1) is 22.7 Å². The first kappa shape index (κ1) is 13.7. The molecule has 2 aromatic heterocycles. The maximum absolute atomic E-state index is 5.93. The van der Waals surface area contributed by atoms with Gasteiger partial charge in [0.05, 0.1) is 17.2 Å². The van der Waals surface area contributed by atoms with Crippen LogP contribution in [0, 0.1) is 13.8 Å². The molecule has 1 unspecified atom stereocenters. The molecule has 2 heterocycles. The van der Waals surface area contributed by atoms with E-state index in [1.807, 2.05) is 16.8 Å². The van der Waals surface area contributed by atoms with Gasteiger partial charge in [0.25, 0.3) is 0 Å². The van der Waals surface area contributed by atoms with Crippen molar-refractivity contribution in [3.63, 3.8) is 0 Å². The topological polar surface area (TPSA) is 42.1 Å². The van der Waals surface area contributed by atoms with Gasteiger partial charge in [0.2, 0.25) is 0 Å². The minimum absolute atomic E-state index is 0.296. The van der Waals surface area contributed by atoms with Crippen molar-refractivity contribution in [1.82, 2.24) is 9.88 Å². The van der Waals surface area contributed by atoms with Gasteiger partial charge >= 0.3 is 0 Å². The van der Waals surface area contributed by atoms with Gasteiger partial charge < -0.3 is 5.73 Å². The van der Waals surface area contributed by atoms with Gasteiger partial charge in [-0.25, -0.2) is 4.98 Å². The first-order valence-electron chi connectivity index (χ1n) is 5.97. The van der Waals surface area contributed by atoms with Crippen molar-refractivity contribution in [2.45, 2.75) is 26.4 Å². The van der Waals surface area contributed by atoms with Crippen LogP contribution in [-0.2, 0) is 6.54 Å².